The average molecular weight is 280 g/mol. The highest BCUT2D eigenvalue weighted by atomic mass is 15.1. The van der Waals surface area contributed by atoms with E-state index in [1.54, 1.807) is 0 Å². The Balaban J connectivity index is 1.86. The van der Waals surface area contributed by atoms with Gasteiger partial charge in [0.15, 0.2) is 0 Å². The second-order valence-corrected chi connectivity index (χ2v) is 7.33. The first-order chi connectivity index (χ1) is 9.76. The highest BCUT2D eigenvalue weighted by molar-refractivity contribution is 4.87. The number of nitrogens with zero attached hydrogens (tertiary/aromatic N) is 1. The Labute approximate surface area is 126 Å². The summed E-state index contributed by atoms with van der Waals surface area (Å²) >= 11 is 0. The Bertz CT molecular complexity index is 262. The molecule has 2 saturated carbocycles. The minimum absolute atomic E-state index is 0.765. The molecule has 0 spiro atoms. The number of hydrogen-bond donors (Lipinski definition) is 1. The molecule has 2 nitrogen and oxygen atoms in total. The van der Waals surface area contributed by atoms with Crippen LogP contribution in [0.15, 0.2) is 0 Å². The lowest BCUT2D eigenvalue weighted by Crippen LogP contribution is -2.45. The maximum absolute atomic E-state index is 3.61. The van der Waals surface area contributed by atoms with E-state index in [1.807, 2.05) is 0 Å². The van der Waals surface area contributed by atoms with Crippen LogP contribution in [0.4, 0.5) is 0 Å². The topological polar surface area (TPSA) is 15.3 Å². The Kier molecular flexibility index (Phi) is 6.83. The molecule has 0 aliphatic heterocycles. The van der Waals surface area contributed by atoms with Gasteiger partial charge in [-0.3, -0.25) is 0 Å². The van der Waals surface area contributed by atoms with Crippen LogP contribution in [0.25, 0.3) is 0 Å². The molecule has 2 rings (SSSR count). The first-order valence-corrected chi connectivity index (χ1v) is 9.16. The normalized spacial score (nSPS) is 30.9. The standard InChI is InChI=1S/C18H36N2/c1-4-6-15-9-10-18(19-3)17(12-15)14-20(11-5-2)13-16-7-8-16/h15-19H,4-14H2,1-3H3. The molecule has 0 aromatic carbocycles. The van der Waals surface area contributed by atoms with Gasteiger partial charge in [0, 0.05) is 19.1 Å². The molecule has 118 valence electrons. The SMILES string of the molecule is CCCC1CCC(NC)C(CN(CCC)CC2CC2)C1. The first kappa shape index (κ1) is 16.3. The summed E-state index contributed by atoms with van der Waals surface area (Å²) in [5, 5.41) is 3.61. The lowest BCUT2D eigenvalue weighted by molar-refractivity contribution is 0.136. The minimum Gasteiger partial charge on any atom is -0.317 e. The molecule has 2 aliphatic rings. The monoisotopic (exact) mass is 280 g/mol. The molecular formula is C18H36N2. The van der Waals surface area contributed by atoms with Crippen LogP contribution in [0.5, 0.6) is 0 Å². The van der Waals surface area contributed by atoms with Gasteiger partial charge in [0.05, 0.1) is 0 Å². The van der Waals surface area contributed by atoms with Crippen LogP contribution in [-0.2, 0) is 0 Å². The van der Waals surface area contributed by atoms with Crippen molar-refractivity contribution in [1.82, 2.24) is 10.2 Å². The Morgan fingerprint density at radius 1 is 0.950 bits per heavy atom. The number of nitrogens with one attached hydrogen (secondary N) is 1. The maximum atomic E-state index is 3.61. The fourth-order valence-corrected chi connectivity index (χ4v) is 4.18. The van der Waals surface area contributed by atoms with E-state index in [4.69, 9.17) is 0 Å². The van der Waals surface area contributed by atoms with Crippen molar-refractivity contribution in [2.24, 2.45) is 17.8 Å². The fourth-order valence-electron chi connectivity index (χ4n) is 4.18. The van der Waals surface area contributed by atoms with Gasteiger partial charge in [0.2, 0.25) is 0 Å². The van der Waals surface area contributed by atoms with Crippen molar-refractivity contribution in [3.8, 4) is 0 Å². The van der Waals surface area contributed by atoms with E-state index in [9.17, 15) is 0 Å². The molecule has 1 N–H and O–H groups in total. The first-order valence-electron chi connectivity index (χ1n) is 9.16. The summed E-state index contributed by atoms with van der Waals surface area (Å²) in [6, 6.07) is 0.765. The summed E-state index contributed by atoms with van der Waals surface area (Å²) in [4.78, 5) is 2.78. The van der Waals surface area contributed by atoms with E-state index in [0.717, 1.165) is 23.8 Å². The summed E-state index contributed by atoms with van der Waals surface area (Å²) in [5.41, 5.74) is 0. The molecule has 2 heteroatoms. The molecule has 0 aromatic rings. The van der Waals surface area contributed by atoms with Gasteiger partial charge in [-0.1, -0.05) is 26.7 Å². The second kappa shape index (κ2) is 8.38. The van der Waals surface area contributed by atoms with Gasteiger partial charge in [0.25, 0.3) is 0 Å². The van der Waals surface area contributed by atoms with E-state index >= 15 is 0 Å². The molecule has 3 atom stereocenters. The van der Waals surface area contributed by atoms with Gasteiger partial charge in [-0.25, -0.2) is 0 Å². The van der Waals surface area contributed by atoms with Crippen LogP contribution >= 0.6 is 0 Å². The highest BCUT2D eigenvalue weighted by Gasteiger charge is 2.32. The van der Waals surface area contributed by atoms with Gasteiger partial charge >= 0.3 is 0 Å². The Morgan fingerprint density at radius 3 is 2.30 bits per heavy atom. The maximum Gasteiger partial charge on any atom is 0.0105 e. The van der Waals surface area contributed by atoms with Crippen LogP contribution in [-0.4, -0.2) is 37.6 Å². The van der Waals surface area contributed by atoms with E-state index in [-0.39, 0.29) is 0 Å². The van der Waals surface area contributed by atoms with Crippen molar-refractivity contribution in [2.45, 2.75) is 71.3 Å². The van der Waals surface area contributed by atoms with Crippen molar-refractivity contribution in [1.29, 1.82) is 0 Å². The molecule has 0 saturated heterocycles. The van der Waals surface area contributed by atoms with Crippen molar-refractivity contribution >= 4 is 0 Å². The van der Waals surface area contributed by atoms with Crippen molar-refractivity contribution in [2.75, 3.05) is 26.7 Å². The predicted molar refractivity (Wildman–Crippen MR) is 88.0 cm³/mol. The average Bonchev–Trinajstić information content (AvgIpc) is 3.24. The third-order valence-corrected chi connectivity index (χ3v) is 5.40. The van der Waals surface area contributed by atoms with Gasteiger partial charge in [0.1, 0.15) is 0 Å². The van der Waals surface area contributed by atoms with Crippen molar-refractivity contribution in [3.63, 3.8) is 0 Å². The molecule has 0 radical (unpaired) electrons. The van der Waals surface area contributed by atoms with Crippen LogP contribution in [0.3, 0.4) is 0 Å². The second-order valence-electron chi connectivity index (χ2n) is 7.33. The third kappa shape index (κ3) is 5.04. The van der Waals surface area contributed by atoms with E-state index in [1.165, 1.54) is 71.0 Å². The minimum atomic E-state index is 0.765. The third-order valence-electron chi connectivity index (χ3n) is 5.40. The van der Waals surface area contributed by atoms with Crippen LogP contribution in [0.1, 0.15) is 65.2 Å². The summed E-state index contributed by atoms with van der Waals surface area (Å²) in [6.45, 7) is 8.70. The molecular weight excluding hydrogens is 244 g/mol. The molecule has 0 aromatic heterocycles. The largest absolute Gasteiger partial charge is 0.317 e. The molecule has 3 unspecified atom stereocenters. The van der Waals surface area contributed by atoms with E-state index in [2.05, 4.69) is 31.1 Å². The van der Waals surface area contributed by atoms with Crippen LogP contribution in [0, 0.1) is 17.8 Å². The van der Waals surface area contributed by atoms with Crippen molar-refractivity contribution < 1.29 is 0 Å². The van der Waals surface area contributed by atoms with Gasteiger partial charge in [-0.15, -0.1) is 0 Å². The van der Waals surface area contributed by atoms with Gasteiger partial charge < -0.3 is 10.2 Å². The number of hydrogen-bond acceptors (Lipinski definition) is 2. The summed E-state index contributed by atoms with van der Waals surface area (Å²) < 4.78 is 0. The molecule has 0 bridgehead atoms. The summed E-state index contributed by atoms with van der Waals surface area (Å²) in [7, 11) is 2.17. The predicted octanol–water partition coefficient (Wildman–Crippen LogP) is 3.91. The van der Waals surface area contributed by atoms with Crippen LogP contribution in [0.2, 0.25) is 0 Å². The van der Waals surface area contributed by atoms with Gasteiger partial charge in [-0.2, -0.15) is 0 Å². The zero-order valence-electron chi connectivity index (χ0n) is 14.0. The smallest absolute Gasteiger partial charge is 0.0105 e. The Hall–Kier alpha value is -0.0800. The fraction of sp³-hybridized carbons (Fsp3) is 1.00. The van der Waals surface area contributed by atoms with Gasteiger partial charge in [-0.05, 0) is 69.9 Å². The molecule has 20 heavy (non-hydrogen) atoms. The number of rotatable bonds is 9. The van der Waals surface area contributed by atoms with Crippen LogP contribution < -0.4 is 5.32 Å². The summed E-state index contributed by atoms with van der Waals surface area (Å²) in [6.07, 6.45) is 11.4. The van der Waals surface area contributed by atoms with E-state index in [0.29, 0.717) is 0 Å². The lowest BCUT2D eigenvalue weighted by Gasteiger charge is -2.39. The molecule has 2 aliphatic carbocycles. The van der Waals surface area contributed by atoms with Crippen molar-refractivity contribution in [3.05, 3.63) is 0 Å². The highest BCUT2D eigenvalue weighted by Crippen LogP contribution is 2.34. The molecule has 0 amide bonds. The molecule has 0 heterocycles. The zero-order valence-corrected chi connectivity index (χ0v) is 14.0. The Morgan fingerprint density at radius 2 is 1.70 bits per heavy atom. The molecule has 2 fully saturated rings. The zero-order chi connectivity index (χ0) is 14.4. The lowest BCUT2D eigenvalue weighted by atomic mass is 9.76. The summed E-state index contributed by atoms with van der Waals surface area (Å²) in [5.74, 6) is 2.92. The quantitative estimate of drug-likeness (QED) is 0.689. The van der Waals surface area contributed by atoms with E-state index < -0.39 is 0 Å².